The number of aromatic nitrogens is 2. The fourth-order valence-corrected chi connectivity index (χ4v) is 2.91. The molecular weight excluding hydrogens is 286 g/mol. The largest absolute Gasteiger partial charge is 0.385 e. The molecule has 1 aliphatic rings. The predicted octanol–water partition coefficient (Wildman–Crippen LogP) is 3.54. The number of methoxy groups -OCH3 is 1. The van der Waals surface area contributed by atoms with Gasteiger partial charge in [-0.15, -0.1) is 0 Å². The van der Waals surface area contributed by atoms with E-state index < -0.39 is 0 Å². The van der Waals surface area contributed by atoms with Crippen molar-refractivity contribution in [2.45, 2.75) is 44.8 Å². The van der Waals surface area contributed by atoms with Crippen molar-refractivity contribution in [2.24, 2.45) is 0 Å². The summed E-state index contributed by atoms with van der Waals surface area (Å²) in [6, 6.07) is 3.12. The molecule has 0 saturated heterocycles. The second-order valence-electron chi connectivity index (χ2n) is 5.81. The molecule has 5 heteroatoms. The summed E-state index contributed by atoms with van der Waals surface area (Å²) < 4.78 is 7.33. The van der Waals surface area contributed by atoms with Gasteiger partial charge in [-0.05, 0) is 32.3 Å². The third-order valence-corrected chi connectivity index (χ3v) is 4.29. The summed E-state index contributed by atoms with van der Waals surface area (Å²) in [5.41, 5.74) is 2.24. The second-order valence-corrected chi connectivity index (χ2v) is 6.21. The molecule has 3 rings (SSSR count). The minimum absolute atomic E-state index is 0.281. The Morgan fingerprint density at radius 3 is 3.05 bits per heavy atom. The van der Waals surface area contributed by atoms with Gasteiger partial charge in [0.25, 0.3) is 0 Å². The highest BCUT2D eigenvalue weighted by Crippen LogP contribution is 2.28. The number of rotatable bonds is 7. The van der Waals surface area contributed by atoms with E-state index in [0.29, 0.717) is 6.04 Å². The monoisotopic (exact) mass is 307 g/mol. The Balaban J connectivity index is 1.84. The highest BCUT2D eigenvalue weighted by molar-refractivity contribution is 6.35. The average Bonchev–Trinajstić information content (AvgIpc) is 3.24. The maximum absolute atomic E-state index is 6.31. The van der Waals surface area contributed by atoms with Gasteiger partial charge in [0.05, 0.1) is 16.2 Å². The molecule has 1 fully saturated rings. The lowest BCUT2D eigenvalue weighted by Gasteiger charge is -2.13. The van der Waals surface area contributed by atoms with Crippen molar-refractivity contribution in [1.29, 1.82) is 0 Å². The molecule has 1 N–H and O–H groups in total. The van der Waals surface area contributed by atoms with Crippen molar-refractivity contribution in [3.05, 3.63) is 29.2 Å². The van der Waals surface area contributed by atoms with Crippen LogP contribution in [0.4, 0.5) is 0 Å². The number of halogens is 1. The van der Waals surface area contributed by atoms with Gasteiger partial charge in [-0.1, -0.05) is 11.6 Å². The van der Waals surface area contributed by atoms with E-state index in [1.165, 1.54) is 12.8 Å². The van der Waals surface area contributed by atoms with E-state index in [1.807, 2.05) is 12.4 Å². The number of fused-ring (bicyclic) bond motifs is 1. The number of nitrogens with zero attached hydrogens (tertiary/aromatic N) is 2. The molecule has 4 nitrogen and oxygen atoms in total. The van der Waals surface area contributed by atoms with Gasteiger partial charge in [-0.2, -0.15) is 0 Å². The smallest absolute Gasteiger partial charge is 0.0677 e. The molecule has 0 spiro atoms. The van der Waals surface area contributed by atoms with Crippen molar-refractivity contribution in [3.63, 3.8) is 0 Å². The molecule has 0 aromatic carbocycles. The molecule has 2 aromatic heterocycles. The van der Waals surface area contributed by atoms with E-state index in [2.05, 4.69) is 27.9 Å². The SMILES string of the molecule is COCCCn1cc(Cl)c2cnc(C(C)NC3CC3)cc21. The summed E-state index contributed by atoms with van der Waals surface area (Å²) in [4.78, 5) is 4.57. The molecule has 21 heavy (non-hydrogen) atoms. The average molecular weight is 308 g/mol. The van der Waals surface area contributed by atoms with E-state index in [0.717, 1.165) is 41.2 Å². The van der Waals surface area contributed by atoms with E-state index in [-0.39, 0.29) is 6.04 Å². The van der Waals surface area contributed by atoms with Crippen molar-refractivity contribution >= 4 is 22.5 Å². The summed E-state index contributed by atoms with van der Waals surface area (Å²) >= 11 is 6.31. The van der Waals surface area contributed by atoms with Gasteiger partial charge in [-0.25, -0.2) is 0 Å². The van der Waals surface area contributed by atoms with Crippen LogP contribution in [0.3, 0.4) is 0 Å². The molecule has 0 radical (unpaired) electrons. The van der Waals surface area contributed by atoms with Gasteiger partial charge >= 0.3 is 0 Å². The van der Waals surface area contributed by atoms with Crippen molar-refractivity contribution in [3.8, 4) is 0 Å². The van der Waals surface area contributed by atoms with Gasteiger partial charge in [-0.3, -0.25) is 4.98 Å². The Labute approximate surface area is 130 Å². The van der Waals surface area contributed by atoms with E-state index in [4.69, 9.17) is 16.3 Å². The van der Waals surface area contributed by atoms with Gasteiger partial charge in [0, 0.05) is 50.1 Å². The van der Waals surface area contributed by atoms with Gasteiger partial charge in [0.2, 0.25) is 0 Å². The van der Waals surface area contributed by atoms with Crippen LogP contribution in [-0.4, -0.2) is 29.3 Å². The van der Waals surface area contributed by atoms with Crippen LogP contribution >= 0.6 is 11.6 Å². The summed E-state index contributed by atoms with van der Waals surface area (Å²) in [7, 11) is 1.73. The summed E-state index contributed by atoms with van der Waals surface area (Å²) in [6.45, 7) is 3.84. The molecule has 1 aliphatic carbocycles. The Hall–Kier alpha value is -1.10. The summed E-state index contributed by atoms with van der Waals surface area (Å²) in [5, 5.41) is 5.38. The van der Waals surface area contributed by atoms with Crippen LogP contribution in [0, 0.1) is 0 Å². The Bertz CT molecular complexity index is 621. The van der Waals surface area contributed by atoms with Crippen LogP contribution in [0.2, 0.25) is 5.02 Å². The highest BCUT2D eigenvalue weighted by Gasteiger charge is 2.24. The van der Waals surface area contributed by atoms with E-state index >= 15 is 0 Å². The number of nitrogens with one attached hydrogen (secondary N) is 1. The van der Waals surface area contributed by atoms with Gasteiger partial charge in [0.15, 0.2) is 0 Å². The van der Waals surface area contributed by atoms with Crippen molar-refractivity contribution in [1.82, 2.24) is 14.9 Å². The number of hydrogen-bond donors (Lipinski definition) is 1. The topological polar surface area (TPSA) is 39.1 Å². The Morgan fingerprint density at radius 1 is 1.52 bits per heavy atom. The maximum atomic E-state index is 6.31. The van der Waals surface area contributed by atoms with Crippen LogP contribution in [0.1, 0.15) is 37.9 Å². The van der Waals surface area contributed by atoms with E-state index in [1.54, 1.807) is 7.11 Å². The normalized spacial score (nSPS) is 16.5. The fraction of sp³-hybridized carbons (Fsp3) is 0.562. The lowest BCUT2D eigenvalue weighted by molar-refractivity contribution is 0.190. The first-order chi connectivity index (χ1) is 10.2. The molecule has 2 aromatic rings. The molecule has 0 bridgehead atoms. The molecule has 1 atom stereocenters. The first-order valence-corrected chi connectivity index (χ1v) is 7.96. The van der Waals surface area contributed by atoms with Crippen LogP contribution in [-0.2, 0) is 11.3 Å². The van der Waals surface area contributed by atoms with Gasteiger partial charge in [0.1, 0.15) is 0 Å². The molecule has 114 valence electrons. The lowest BCUT2D eigenvalue weighted by atomic mass is 10.2. The van der Waals surface area contributed by atoms with Crippen LogP contribution in [0.25, 0.3) is 10.9 Å². The van der Waals surface area contributed by atoms with Crippen LogP contribution < -0.4 is 5.32 Å². The zero-order valence-electron chi connectivity index (χ0n) is 12.6. The third kappa shape index (κ3) is 3.39. The predicted molar refractivity (Wildman–Crippen MR) is 85.8 cm³/mol. The summed E-state index contributed by atoms with van der Waals surface area (Å²) in [6.07, 6.45) is 7.43. The van der Waals surface area contributed by atoms with Gasteiger partial charge < -0.3 is 14.6 Å². The molecule has 0 amide bonds. The third-order valence-electron chi connectivity index (χ3n) is 3.99. The second kappa shape index (κ2) is 6.34. The van der Waals surface area contributed by atoms with Crippen molar-refractivity contribution < 1.29 is 4.74 Å². The molecule has 1 saturated carbocycles. The first kappa shape index (κ1) is 14.8. The first-order valence-electron chi connectivity index (χ1n) is 7.58. The van der Waals surface area contributed by atoms with Crippen LogP contribution in [0.5, 0.6) is 0 Å². The molecule has 0 aliphatic heterocycles. The highest BCUT2D eigenvalue weighted by atomic mass is 35.5. The number of aryl methyl sites for hydroxylation is 1. The minimum Gasteiger partial charge on any atom is -0.385 e. The molecule has 1 unspecified atom stereocenters. The zero-order chi connectivity index (χ0) is 14.8. The standard InChI is InChI=1S/C16H22ClN3O/c1-11(19-12-4-5-12)15-8-16-13(9-18-15)14(17)10-20(16)6-3-7-21-2/h8-12,19H,3-7H2,1-2H3. The molecule has 2 heterocycles. The maximum Gasteiger partial charge on any atom is 0.0677 e. The Morgan fingerprint density at radius 2 is 2.33 bits per heavy atom. The quantitative estimate of drug-likeness (QED) is 0.795. The number of ether oxygens (including phenoxy) is 1. The van der Waals surface area contributed by atoms with E-state index in [9.17, 15) is 0 Å². The van der Waals surface area contributed by atoms with Crippen molar-refractivity contribution in [2.75, 3.05) is 13.7 Å². The Kier molecular flexibility index (Phi) is 4.48. The lowest BCUT2D eigenvalue weighted by Crippen LogP contribution is -2.21. The fourth-order valence-electron chi connectivity index (χ4n) is 2.65. The van der Waals surface area contributed by atoms with Crippen LogP contribution in [0.15, 0.2) is 18.5 Å². The zero-order valence-corrected chi connectivity index (χ0v) is 13.4. The summed E-state index contributed by atoms with van der Waals surface area (Å²) in [5.74, 6) is 0. The number of pyridine rings is 1. The number of hydrogen-bond acceptors (Lipinski definition) is 3. The minimum atomic E-state index is 0.281. The molecular formula is C16H22ClN3O.